The number of hydrogen-bond acceptors (Lipinski definition) is 5. The van der Waals surface area contributed by atoms with Gasteiger partial charge in [-0.3, -0.25) is 10.1 Å². The summed E-state index contributed by atoms with van der Waals surface area (Å²) in [5.41, 5.74) is -0.386. The molecule has 0 spiro atoms. The molecule has 20 heavy (non-hydrogen) atoms. The first kappa shape index (κ1) is 16.5. The van der Waals surface area contributed by atoms with Gasteiger partial charge in [0, 0.05) is 12.1 Å². The average Bonchev–Trinajstić information content (AvgIpc) is 2.73. The van der Waals surface area contributed by atoms with E-state index in [4.69, 9.17) is 0 Å². The number of carbonyl (C=O) groups excluding carboxylic acids is 2. The minimum Gasteiger partial charge on any atom is -0.333 e. The third kappa shape index (κ3) is 5.20. The molecular formula is C12H21N5O2S. The van der Waals surface area contributed by atoms with Gasteiger partial charge < -0.3 is 9.88 Å². The van der Waals surface area contributed by atoms with E-state index < -0.39 is 11.3 Å². The summed E-state index contributed by atoms with van der Waals surface area (Å²) < 4.78 is 1.84. The highest BCUT2D eigenvalue weighted by atomic mass is 32.2. The molecule has 1 aromatic rings. The number of nitrogens with one attached hydrogen (secondary N) is 2. The van der Waals surface area contributed by atoms with Gasteiger partial charge in [-0.1, -0.05) is 11.8 Å². The standard InChI is InChI=1S/C12H21N5O2S/c1-6-17-7-13-16-11(17)20-8(2)9(18)14-10(19)15-12(3,4)5/h7-8H,6H2,1-5H3,(H2,14,15,18,19)/t8-/m1/s1. The Morgan fingerprint density at radius 2 is 2.10 bits per heavy atom. The molecule has 1 atom stereocenters. The zero-order valence-corrected chi connectivity index (χ0v) is 13.2. The molecule has 2 N–H and O–H groups in total. The Bertz CT molecular complexity index is 480. The smallest absolute Gasteiger partial charge is 0.321 e. The molecule has 0 saturated carbocycles. The molecular weight excluding hydrogens is 278 g/mol. The van der Waals surface area contributed by atoms with Crippen LogP contribution in [0.4, 0.5) is 4.79 Å². The fourth-order valence-corrected chi connectivity index (χ4v) is 2.24. The largest absolute Gasteiger partial charge is 0.333 e. The summed E-state index contributed by atoms with van der Waals surface area (Å²) in [6.07, 6.45) is 1.61. The number of carbonyl (C=O) groups is 2. The molecule has 0 unspecified atom stereocenters. The Labute approximate surface area is 122 Å². The van der Waals surface area contributed by atoms with Gasteiger partial charge in [0.2, 0.25) is 5.91 Å². The van der Waals surface area contributed by atoms with E-state index in [9.17, 15) is 9.59 Å². The first-order valence-electron chi connectivity index (χ1n) is 6.40. The van der Waals surface area contributed by atoms with Gasteiger partial charge in [0.15, 0.2) is 5.16 Å². The van der Waals surface area contributed by atoms with E-state index in [-0.39, 0.29) is 11.4 Å². The third-order valence-electron chi connectivity index (χ3n) is 2.30. The second-order valence-electron chi connectivity index (χ2n) is 5.35. The van der Waals surface area contributed by atoms with Crippen LogP contribution in [0.1, 0.15) is 34.6 Å². The van der Waals surface area contributed by atoms with Crippen molar-refractivity contribution in [3.63, 3.8) is 0 Å². The van der Waals surface area contributed by atoms with Gasteiger partial charge in [0.05, 0.1) is 5.25 Å². The van der Waals surface area contributed by atoms with E-state index >= 15 is 0 Å². The highest BCUT2D eigenvalue weighted by Crippen LogP contribution is 2.20. The monoisotopic (exact) mass is 299 g/mol. The van der Waals surface area contributed by atoms with E-state index in [0.29, 0.717) is 5.16 Å². The number of aromatic nitrogens is 3. The lowest BCUT2D eigenvalue weighted by atomic mass is 10.1. The lowest BCUT2D eigenvalue weighted by Crippen LogP contribution is -2.49. The number of urea groups is 1. The average molecular weight is 299 g/mol. The van der Waals surface area contributed by atoms with Crippen molar-refractivity contribution in [1.82, 2.24) is 25.4 Å². The van der Waals surface area contributed by atoms with Gasteiger partial charge in [-0.15, -0.1) is 10.2 Å². The molecule has 0 bridgehead atoms. The van der Waals surface area contributed by atoms with Gasteiger partial charge >= 0.3 is 6.03 Å². The summed E-state index contributed by atoms with van der Waals surface area (Å²) in [7, 11) is 0. The Hall–Kier alpha value is -1.57. The van der Waals surface area contributed by atoms with Gasteiger partial charge in [-0.25, -0.2) is 4.79 Å². The molecule has 0 radical (unpaired) electrons. The van der Waals surface area contributed by atoms with E-state index in [1.807, 2.05) is 32.3 Å². The molecule has 0 aromatic carbocycles. The van der Waals surface area contributed by atoms with Crippen molar-refractivity contribution in [2.45, 2.75) is 57.1 Å². The second-order valence-corrected chi connectivity index (χ2v) is 6.66. The van der Waals surface area contributed by atoms with Gasteiger partial charge in [-0.05, 0) is 34.6 Å². The van der Waals surface area contributed by atoms with Crippen LogP contribution in [-0.2, 0) is 11.3 Å². The Morgan fingerprint density at radius 1 is 1.45 bits per heavy atom. The number of imide groups is 1. The normalized spacial score (nSPS) is 12.8. The van der Waals surface area contributed by atoms with E-state index in [1.165, 1.54) is 11.8 Å². The number of hydrogen-bond donors (Lipinski definition) is 2. The minimum atomic E-state index is -0.494. The van der Waals surface area contributed by atoms with E-state index in [1.54, 1.807) is 13.3 Å². The molecule has 0 aliphatic rings. The lowest BCUT2D eigenvalue weighted by Gasteiger charge is -2.21. The molecule has 0 aliphatic heterocycles. The van der Waals surface area contributed by atoms with Crippen LogP contribution in [0.2, 0.25) is 0 Å². The predicted octanol–water partition coefficient (Wildman–Crippen LogP) is 1.40. The fraction of sp³-hybridized carbons (Fsp3) is 0.667. The van der Waals surface area contributed by atoms with Crippen LogP contribution in [0.5, 0.6) is 0 Å². The zero-order chi connectivity index (χ0) is 15.3. The lowest BCUT2D eigenvalue weighted by molar-refractivity contribution is -0.119. The third-order valence-corrected chi connectivity index (χ3v) is 3.39. The Balaban J connectivity index is 2.53. The van der Waals surface area contributed by atoms with Crippen LogP contribution in [0, 0.1) is 0 Å². The van der Waals surface area contributed by atoms with Crippen LogP contribution in [0.25, 0.3) is 0 Å². The van der Waals surface area contributed by atoms with Gasteiger partial charge in [0.25, 0.3) is 0 Å². The van der Waals surface area contributed by atoms with E-state index in [2.05, 4.69) is 20.8 Å². The summed E-state index contributed by atoms with van der Waals surface area (Å²) in [6.45, 7) is 9.96. The maximum Gasteiger partial charge on any atom is 0.321 e. The van der Waals surface area contributed by atoms with Crippen molar-refractivity contribution in [3.05, 3.63) is 6.33 Å². The maximum absolute atomic E-state index is 11.9. The first-order chi connectivity index (χ1) is 9.23. The Morgan fingerprint density at radius 3 is 2.65 bits per heavy atom. The highest BCUT2D eigenvalue weighted by Gasteiger charge is 2.21. The summed E-state index contributed by atoms with van der Waals surface area (Å²) >= 11 is 1.27. The molecule has 8 heteroatoms. The van der Waals surface area contributed by atoms with Crippen molar-refractivity contribution >= 4 is 23.7 Å². The summed E-state index contributed by atoms with van der Waals surface area (Å²) in [4.78, 5) is 23.5. The van der Waals surface area contributed by atoms with Crippen LogP contribution >= 0.6 is 11.8 Å². The molecule has 1 aromatic heterocycles. The van der Waals surface area contributed by atoms with Crippen LogP contribution in [-0.4, -0.2) is 37.5 Å². The number of nitrogens with zero attached hydrogens (tertiary/aromatic N) is 3. The number of aryl methyl sites for hydroxylation is 1. The predicted molar refractivity (Wildman–Crippen MR) is 77.4 cm³/mol. The van der Waals surface area contributed by atoms with Crippen LogP contribution < -0.4 is 10.6 Å². The Kier molecular flexibility index (Phi) is 5.55. The van der Waals surface area contributed by atoms with Crippen molar-refractivity contribution in [3.8, 4) is 0 Å². The molecule has 112 valence electrons. The number of rotatable bonds is 4. The summed E-state index contributed by atoms with van der Waals surface area (Å²) in [5.74, 6) is -0.359. The van der Waals surface area contributed by atoms with Crippen molar-refractivity contribution in [1.29, 1.82) is 0 Å². The maximum atomic E-state index is 11.9. The first-order valence-corrected chi connectivity index (χ1v) is 7.28. The van der Waals surface area contributed by atoms with Crippen LogP contribution in [0.15, 0.2) is 11.5 Å². The molecule has 7 nitrogen and oxygen atoms in total. The molecule has 0 aliphatic carbocycles. The SMILES string of the molecule is CCn1cnnc1S[C@H](C)C(=O)NC(=O)NC(C)(C)C. The molecule has 0 saturated heterocycles. The summed E-state index contributed by atoms with van der Waals surface area (Å²) in [6, 6.07) is -0.494. The molecule has 1 rings (SSSR count). The second kappa shape index (κ2) is 6.74. The van der Waals surface area contributed by atoms with Crippen molar-refractivity contribution in [2.75, 3.05) is 0 Å². The van der Waals surface area contributed by atoms with Crippen LogP contribution in [0.3, 0.4) is 0 Å². The highest BCUT2D eigenvalue weighted by molar-refractivity contribution is 8.00. The minimum absolute atomic E-state index is 0.359. The van der Waals surface area contributed by atoms with Crippen molar-refractivity contribution < 1.29 is 9.59 Å². The number of amides is 3. The topological polar surface area (TPSA) is 88.9 Å². The van der Waals surface area contributed by atoms with E-state index in [0.717, 1.165) is 6.54 Å². The molecule has 3 amide bonds. The van der Waals surface area contributed by atoms with Gasteiger partial charge in [-0.2, -0.15) is 0 Å². The molecule has 1 heterocycles. The zero-order valence-electron chi connectivity index (χ0n) is 12.4. The number of thioether (sulfide) groups is 1. The quantitative estimate of drug-likeness (QED) is 0.820. The molecule has 0 fully saturated rings. The van der Waals surface area contributed by atoms with Gasteiger partial charge in [0.1, 0.15) is 6.33 Å². The summed E-state index contributed by atoms with van der Waals surface area (Å²) in [5, 5.41) is 13.0. The fourth-order valence-electron chi connectivity index (χ4n) is 1.35. The van der Waals surface area contributed by atoms with Crippen molar-refractivity contribution in [2.24, 2.45) is 0 Å².